The van der Waals surface area contributed by atoms with E-state index in [0.29, 0.717) is 0 Å². The molecule has 0 saturated heterocycles. The highest BCUT2D eigenvalue weighted by Gasteiger charge is 2.25. The largest absolute Gasteiger partial charge is 0.478 e. The monoisotopic (exact) mass is 314 g/mol. The minimum Gasteiger partial charge on any atom is -0.478 e. The third kappa shape index (κ3) is 2.61. The first kappa shape index (κ1) is 14.7. The molecule has 1 N–H and O–H groups in total. The Morgan fingerprint density at radius 2 is 1.71 bits per heavy atom. The molecule has 1 aliphatic rings. The second-order valence-electron chi connectivity index (χ2n) is 6.29. The Morgan fingerprint density at radius 1 is 0.958 bits per heavy atom. The minimum absolute atomic E-state index is 0.126. The molecule has 1 atom stereocenters. The van der Waals surface area contributed by atoms with Crippen molar-refractivity contribution in [3.05, 3.63) is 89.5 Å². The van der Waals surface area contributed by atoms with Gasteiger partial charge in [-0.15, -0.1) is 0 Å². The van der Waals surface area contributed by atoms with E-state index >= 15 is 0 Å². The summed E-state index contributed by atoms with van der Waals surface area (Å²) in [5.74, 6) is -0.756. The molecule has 0 aliphatic heterocycles. The van der Waals surface area contributed by atoms with Gasteiger partial charge in [0.15, 0.2) is 0 Å². The van der Waals surface area contributed by atoms with E-state index in [2.05, 4.69) is 36.4 Å². The number of carboxylic acids is 1. The van der Waals surface area contributed by atoms with E-state index in [1.165, 1.54) is 28.0 Å². The van der Waals surface area contributed by atoms with E-state index in [4.69, 9.17) is 0 Å². The maximum Gasteiger partial charge on any atom is 0.328 e. The highest BCUT2D eigenvalue weighted by Crippen LogP contribution is 2.42. The SMILES string of the molecule is O=C(O)/C=C1\c2ccccc2CC[C@H]1c1ccc2ccccc2c1. The number of allylic oxidation sites excluding steroid dienone is 1. The second-order valence-corrected chi connectivity index (χ2v) is 6.29. The molecule has 0 fully saturated rings. The van der Waals surface area contributed by atoms with Gasteiger partial charge in [0, 0.05) is 12.0 Å². The van der Waals surface area contributed by atoms with Gasteiger partial charge in [-0.25, -0.2) is 4.79 Å². The van der Waals surface area contributed by atoms with Gasteiger partial charge in [-0.3, -0.25) is 0 Å². The van der Waals surface area contributed by atoms with Crippen LogP contribution < -0.4 is 0 Å². The Hall–Kier alpha value is -2.87. The van der Waals surface area contributed by atoms with Crippen molar-refractivity contribution in [3.63, 3.8) is 0 Å². The number of rotatable bonds is 2. The van der Waals surface area contributed by atoms with Gasteiger partial charge in [-0.1, -0.05) is 66.7 Å². The fourth-order valence-corrected chi connectivity index (χ4v) is 3.75. The average molecular weight is 314 g/mol. The van der Waals surface area contributed by atoms with Crippen LogP contribution in [0.1, 0.15) is 29.0 Å². The molecule has 0 spiro atoms. The summed E-state index contributed by atoms with van der Waals surface area (Å²) < 4.78 is 0. The lowest BCUT2D eigenvalue weighted by Crippen LogP contribution is -2.13. The fourth-order valence-electron chi connectivity index (χ4n) is 3.75. The smallest absolute Gasteiger partial charge is 0.328 e. The van der Waals surface area contributed by atoms with Crippen LogP contribution in [0.2, 0.25) is 0 Å². The molecule has 0 unspecified atom stereocenters. The zero-order chi connectivity index (χ0) is 16.5. The summed E-state index contributed by atoms with van der Waals surface area (Å²) in [4.78, 5) is 11.4. The molecule has 2 heteroatoms. The van der Waals surface area contributed by atoms with E-state index in [9.17, 15) is 9.90 Å². The number of hydrogen-bond acceptors (Lipinski definition) is 1. The molecular weight excluding hydrogens is 296 g/mol. The van der Waals surface area contributed by atoms with Gasteiger partial charge in [0.25, 0.3) is 0 Å². The van der Waals surface area contributed by atoms with Crippen LogP contribution in [-0.2, 0) is 11.2 Å². The van der Waals surface area contributed by atoms with Gasteiger partial charge in [-0.2, -0.15) is 0 Å². The van der Waals surface area contributed by atoms with Crippen molar-refractivity contribution in [1.29, 1.82) is 0 Å². The highest BCUT2D eigenvalue weighted by molar-refractivity contribution is 5.93. The number of aliphatic carboxylic acids is 1. The van der Waals surface area contributed by atoms with Gasteiger partial charge < -0.3 is 5.11 Å². The van der Waals surface area contributed by atoms with E-state index in [1.54, 1.807) is 0 Å². The fraction of sp³-hybridized carbons (Fsp3) is 0.136. The van der Waals surface area contributed by atoms with Gasteiger partial charge in [-0.05, 0) is 45.9 Å². The van der Waals surface area contributed by atoms with E-state index < -0.39 is 5.97 Å². The lowest BCUT2D eigenvalue weighted by atomic mass is 9.75. The first-order valence-electron chi connectivity index (χ1n) is 8.24. The molecule has 1 aliphatic carbocycles. The summed E-state index contributed by atoms with van der Waals surface area (Å²) >= 11 is 0. The summed E-state index contributed by atoms with van der Waals surface area (Å²) in [5, 5.41) is 11.8. The average Bonchev–Trinajstić information content (AvgIpc) is 2.61. The third-order valence-corrected chi connectivity index (χ3v) is 4.86. The molecule has 0 bridgehead atoms. The van der Waals surface area contributed by atoms with Crippen LogP contribution in [0.5, 0.6) is 0 Å². The van der Waals surface area contributed by atoms with Crippen molar-refractivity contribution in [2.75, 3.05) is 0 Å². The molecule has 2 nitrogen and oxygen atoms in total. The number of hydrogen-bond donors (Lipinski definition) is 1. The first-order valence-corrected chi connectivity index (χ1v) is 8.24. The summed E-state index contributed by atoms with van der Waals surface area (Å²) in [7, 11) is 0. The Kier molecular flexibility index (Phi) is 3.66. The van der Waals surface area contributed by atoms with Gasteiger partial charge >= 0.3 is 5.97 Å². The molecule has 3 aromatic carbocycles. The quantitative estimate of drug-likeness (QED) is 0.673. The van der Waals surface area contributed by atoms with Crippen molar-refractivity contribution < 1.29 is 9.90 Å². The van der Waals surface area contributed by atoms with E-state index in [1.807, 2.05) is 30.3 Å². The topological polar surface area (TPSA) is 37.3 Å². The molecule has 3 aromatic rings. The maximum absolute atomic E-state index is 11.4. The zero-order valence-corrected chi connectivity index (χ0v) is 13.3. The normalized spacial score (nSPS) is 18.5. The first-order chi connectivity index (χ1) is 11.7. The number of fused-ring (bicyclic) bond motifs is 2. The number of benzene rings is 3. The third-order valence-electron chi connectivity index (χ3n) is 4.86. The van der Waals surface area contributed by atoms with Crippen LogP contribution in [0.3, 0.4) is 0 Å². The number of carbonyl (C=O) groups is 1. The predicted molar refractivity (Wildman–Crippen MR) is 97.1 cm³/mol. The Balaban J connectivity index is 1.85. The Bertz CT molecular complexity index is 953. The lowest BCUT2D eigenvalue weighted by molar-refractivity contribution is -0.131. The number of aryl methyl sites for hydroxylation is 1. The molecule has 0 aromatic heterocycles. The summed E-state index contributed by atoms with van der Waals surface area (Å²) in [6, 6.07) is 22.9. The van der Waals surface area contributed by atoms with Crippen LogP contribution in [0, 0.1) is 0 Å². The van der Waals surface area contributed by atoms with Gasteiger partial charge in [0.2, 0.25) is 0 Å². The van der Waals surface area contributed by atoms with E-state index in [-0.39, 0.29) is 5.92 Å². The number of carboxylic acid groups (broad SMARTS) is 1. The molecular formula is C22H18O2. The van der Waals surface area contributed by atoms with Crippen LogP contribution in [0.4, 0.5) is 0 Å². The maximum atomic E-state index is 11.4. The Morgan fingerprint density at radius 3 is 2.54 bits per heavy atom. The highest BCUT2D eigenvalue weighted by atomic mass is 16.4. The second kappa shape index (κ2) is 5.97. The molecule has 0 heterocycles. The zero-order valence-electron chi connectivity index (χ0n) is 13.3. The van der Waals surface area contributed by atoms with Gasteiger partial charge in [0.05, 0.1) is 0 Å². The van der Waals surface area contributed by atoms with Crippen LogP contribution in [0.15, 0.2) is 72.8 Å². The molecule has 0 amide bonds. The molecule has 0 radical (unpaired) electrons. The summed E-state index contributed by atoms with van der Waals surface area (Å²) in [6.45, 7) is 0. The van der Waals surface area contributed by atoms with Crippen molar-refractivity contribution in [2.45, 2.75) is 18.8 Å². The van der Waals surface area contributed by atoms with Gasteiger partial charge in [0.1, 0.15) is 0 Å². The van der Waals surface area contributed by atoms with Crippen LogP contribution in [0.25, 0.3) is 16.3 Å². The summed E-state index contributed by atoms with van der Waals surface area (Å²) in [6.07, 6.45) is 3.30. The molecule has 4 rings (SSSR count). The standard InChI is InChI=1S/C22H18O2/c23-22(24)14-21-19-8-4-3-6-16(19)11-12-20(21)18-10-9-15-5-1-2-7-17(15)13-18/h1-10,13-14,20H,11-12H2,(H,23,24)/b21-14+/t20-/m0/s1. The van der Waals surface area contributed by atoms with E-state index in [0.717, 1.165) is 24.0 Å². The van der Waals surface area contributed by atoms with Crippen LogP contribution >= 0.6 is 0 Å². The van der Waals surface area contributed by atoms with Crippen molar-refractivity contribution >= 4 is 22.3 Å². The minimum atomic E-state index is -0.882. The van der Waals surface area contributed by atoms with Crippen molar-refractivity contribution in [1.82, 2.24) is 0 Å². The molecule has 24 heavy (non-hydrogen) atoms. The molecule has 118 valence electrons. The Labute approximate surface area is 141 Å². The lowest BCUT2D eigenvalue weighted by Gasteiger charge is -2.28. The summed E-state index contributed by atoms with van der Waals surface area (Å²) in [5.41, 5.74) is 4.42. The molecule has 0 saturated carbocycles. The van der Waals surface area contributed by atoms with Crippen molar-refractivity contribution in [2.24, 2.45) is 0 Å². The predicted octanol–water partition coefficient (Wildman–Crippen LogP) is 5.04. The van der Waals surface area contributed by atoms with Crippen LogP contribution in [-0.4, -0.2) is 11.1 Å². The van der Waals surface area contributed by atoms with Crippen molar-refractivity contribution in [3.8, 4) is 0 Å².